The first-order chi connectivity index (χ1) is 8.03. The number of aliphatic hydroxyl groups excluding tert-OH is 2. The Hall–Kier alpha value is -0.650. The van der Waals surface area contributed by atoms with E-state index >= 15 is 0 Å². The van der Waals surface area contributed by atoms with Gasteiger partial charge in [0.05, 0.1) is 6.61 Å². The first-order valence-corrected chi connectivity index (χ1v) is 6.22. The SMILES string of the molecule is CCC(=O)OC(C(O)CO)C1([O])CCCCC1. The highest BCUT2D eigenvalue weighted by atomic mass is 16.6. The molecule has 2 atom stereocenters. The normalized spacial score (nSPS) is 22.8. The van der Waals surface area contributed by atoms with Crippen LogP contribution in [0, 0.1) is 0 Å². The Morgan fingerprint density at radius 2 is 1.94 bits per heavy atom. The van der Waals surface area contributed by atoms with Crippen molar-refractivity contribution >= 4 is 5.97 Å². The van der Waals surface area contributed by atoms with Crippen LogP contribution in [-0.4, -0.2) is 40.6 Å². The van der Waals surface area contributed by atoms with Crippen LogP contribution < -0.4 is 0 Å². The third-order valence-corrected chi connectivity index (χ3v) is 3.30. The molecule has 0 aliphatic heterocycles. The Balaban J connectivity index is 2.76. The summed E-state index contributed by atoms with van der Waals surface area (Å²) in [5.74, 6) is -0.511. The fourth-order valence-corrected chi connectivity index (χ4v) is 2.29. The minimum atomic E-state index is -1.45. The van der Waals surface area contributed by atoms with Crippen LogP contribution in [0.5, 0.6) is 0 Å². The fourth-order valence-electron chi connectivity index (χ4n) is 2.29. The molecule has 0 aromatic heterocycles. The van der Waals surface area contributed by atoms with Gasteiger partial charge >= 0.3 is 5.97 Å². The van der Waals surface area contributed by atoms with E-state index in [-0.39, 0.29) is 6.42 Å². The molecule has 0 amide bonds. The van der Waals surface area contributed by atoms with E-state index in [9.17, 15) is 15.0 Å². The van der Waals surface area contributed by atoms with Crippen LogP contribution in [0.25, 0.3) is 0 Å². The van der Waals surface area contributed by atoms with Gasteiger partial charge in [-0.2, -0.15) is 0 Å². The molecule has 0 aromatic carbocycles. The van der Waals surface area contributed by atoms with Gasteiger partial charge in [-0.25, -0.2) is 5.11 Å². The highest BCUT2D eigenvalue weighted by Crippen LogP contribution is 2.34. The maximum absolute atomic E-state index is 12.5. The lowest BCUT2D eigenvalue weighted by molar-refractivity contribution is -0.205. The van der Waals surface area contributed by atoms with Crippen molar-refractivity contribution in [1.29, 1.82) is 0 Å². The fraction of sp³-hybridized carbons (Fsp3) is 0.917. The molecule has 1 rings (SSSR count). The lowest BCUT2D eigenvalue weighted by Gasteiger charge is -2.38. The molecule has 0 saturated heterocycles. The van der Waals surface area contributed by atoms with Gasteiger partial charge in [-0.15, -0.1) is 0 Å². The third kappa shape index (κ3) is 3.66. The van der Waals surface area contributed by atoms with E-state index in [0.717, 1.165) is 19.3 Å². The van der Waals surface area contributed by atoms with Crippen LogP contribution >= 0.6 is 0 Å². The lowest BCUT2D eigenvalue weighted by atomic mass is 9.79. The molecular formula is C12H21O5. The molecular weight excluding hydrogens is 224 g/mol. The molecule has 5 nitrogen and oxygen atoms in total. The molecule has 99 valence electrons. The Kier molecular flexibility index (Phi) is 5.36. The number of aliphatic hydroxyl groups is 2. The average molecular weight is 245 g/mol. The molecule has 2 unspecified atom stereocenters. The average Bonchev–Trinajstić information content (AvgIpc) is 2.35. The molecule has 2 N–H and O–H groups in total. The standard InChI is InChI=1S/C12H21O5/c1-2-10(15)17-11(9(14)8-13)12(16)6-4-3-5-7-12/h9,11,13-14H,2-8H2,1H3. The van der Waals surface area contributed by atoms with E-state index < -0.39 is 30.4 Å². The van der Waals surface area contributed by atoms with Gasteiger partial charge in [-0.05, 0) is 12.8 Å². The number of esters is 1. The second-order valence-corrected chi connectivity index (χ2v) is 4.64. The van der Waals surface area contributed by atoms with Crippen molar-refractivity contribution < 1.29 is 24.9 Å². The van der Waals surface area contributed by atoms with Crippen molar-refractivity contribution in [2.24, 2.45) is 0 Å². The second kappa shape index (κ2) is 6.33. The van der Waals surface area contributed by atoms with Gasteiger partial charge in [0.2, 0.25) is 0 Å². The highest BCUT2D eigenvalue weighted by Gasteiger charge is 2.45. The van der Waals surface area contributed by atoms with E-state index in [1.54, 1.807) is 6.92 Å². The molecule has 1 saturated carbocycles. The van der Waals surface area contributed by atoms with Crippen LogP contribution in [0.2, 0.25) is 0 Å². The van der Waals surface area contributed by atoms with Gasteiger partial charge in [0.1, 0.15) is 11.7 Å². The minimum absolute atomic E-state index is 0.157. The maximum Gasteiger partial charge on any atom is 0.305 e. The minimum Gasteiger partial charge on any atom is -0.456 e. The van der Waals surface area contributed by atoms with Crippen molar-refractivity contribution in [3.8, 4) is 0 Å². The number of hydrogen-bond donors (Lipinski definition) is 2. The maximum atomic E-state index is 12.5. The molecule has 1 radical (unpaired) electrons. The molecule has 5 heteroatoms. The van der Waals surface area contributed by atoms with Gasteiger partial charge in [-0.3, -0.25) is 4.79 Å². The number of hydrogen-bond acceptors (Lipinski definition) is 4. The first-order valence-electron chi connectivity index (χ1n) is 6.22. The van der Waals surface area contributed by atoms with Crippen molar-refractivity contribution in [3.05, 3.63) is 0 Å². The summed E-state index contributed by atoms with van der Waals surface area (Å²) in [6.45, 7) is 1.06. The zero-order chi connectivity index (χ0) is 12.9. The van der Waals surface area contributed by atoms with E-state index in [0.29, 0.717) is 12.8 Å². The van der Waals surface area contributed by atoms with Crippen molar-refractivity contribution in [2.45, 2.75) is 63.3 Å². The highest BCUT2D eigenvalue weighted by molar-refractivity contribution is 5.69. The molecule has 1 aliphatic carbocycles. The summed E-state index contributed by atoms with van der Waals surface area (Å²) in [6.07, 6.45) is 1.04. The predicted molar refractivity (Wildman–Crippen MR) is 59.8 cm³/mol. The Bertz CT molecular complexity index is 247. The molecule has 0 bridgehead atoms. The van der Waals surface area contributed by atoms with Crippen molar-refractivity contribution in [3.63, 3.8) is 0 Å². The van der Waals surface area contributed by atoms with Crippen LogP contribution in [0.15, 0.2) is 0 Å². The van der Waals surface area contributed by atoms with Crippen molar-refractivity contribution in [1.82, 2.24) is 0 Å². The molecule has 0 spiro atoms. The summed E-state index contributed by atoms with van der Waals surface area (Å²) in [7, 11) is 0. The number of rotatable bonds is 5. The van der Waals surface area contributed by atoms with Gasteiger partial charge in [-0.1, -0.05) is 26.2 Å². The van der Waals surface area contributed by atoms with E-state index in [1.165, 1.54) is 0 Å². The van der Waals surface area contributed by atoms with Gasteiger partial charge in [0, 0.05) is 6.42 Å². The summed E-state index contributed by atoms with van der Waals surface area (Å²) in [6, 6.07) is 0. The topological polar surface area (TPSA) is 86.7 Å². The Morgan fingerprint density at radius 1 is 1.35 bits per heavy atom. The predicted octanol–water partition coefficient (Wildman–Crippen LogP) is 0.795. The monoisotopic (exact) mass is 245 g/mol. The number of carbonyl (C=O) groups excluding carboxylic acids is 1. The Labute approximate surface area is 101 Å². The third-order valence-electron chi connectivity index (χ3n) is 3.30. The molecule has 0 aromatic rings. The van der Waals surface area contributed by atoms with Crippen LogP contribution in [0.1, 0.15) is 45.4 Å². The van der Waals surface area contributed by atoms with Gasteiger partial charge in [0.25, 0.3) is 0 Å². The zero-order valence-electron chi connectivity index (χ0n) is 10.2. The Morgan fingerprint density at radius 3 is 2.41 bits per heavy atom. The van der Waals surface area contributed by atoms with E-state index in [4.69, 9.17) is 9.84 Å². The van der Waals surface area contributed by atoms with E-state index in [2.05, 4.69) is 0 Å². The second-order valence-electron chi connectivity index (χ2n) is 4.64. The summed E-state index contributed by atoms with van der Waals surface area (Å²) in [5.41, 5.74) is -1.45. The van der Waals surface area contributed by atoms with Crippen LogP contribution in [-0.2, 0) is 14.6 Å². The summed E-state index contributed by atoms with van der Waals surface area (Å²) < 4.78 is 5.03. The zero-order valence-corrected chi connectivity index (χ0v) is 10.2. The van der Waals surface area contributed by atoms with E-state index in [1.807, 2.05) is 0 Å². The van der Waals surface area contributed by atoms with Gasteiger partial charge in [0.15, 0.2) is 6.10 Å². The summed E-state index contributed by atoms with van der Waals surface area (Å²) in [4.78, 5) is 11.3. The smallest absolute Gasteiger partial charge is 0.305 e. The molecule has 1 fully saturated rings. The number of carbonyl (C=O) groups is 1. The summed E-state index contributed by atoms with van der Waals surface area (Å²) >= 11 is 0. The molecule has 1 aliphatic rings. The largest absolute Gasteiger partial charge is 0.456 e. The van der Waals surface area contributed by atoms with Crippen LogP contribution in [0.4, 0.5) is 0 Å². The molecule has 0 heterocycles. The lowest BCUT2D eigenvalue weighted by Crippen LogP contribution is -2.52. The quantitative estimate of drug-likeness (QED) is 0.701. The summed E-state index contributed by atoms with van der Waals surface area (Å²) in [5, 5.41) is 31.1. The first kappa shape index (κ1) is 14.4. The number of ether oxygens (including phenoxy) is 1. The van der Waals surface area contributed by atoms with Crippen LogP contribution in [0.3, 0.4) is 0 Å². The van der Waals surface area contributed by atoms with Crippen molar-refractivity contribution in [2.75, 3.05) is 6.61 Å². The van der Waals surface area contributed by atoms with Gasteiger partial charge < -0.3 is 14.9 Å². The molecule has 17 heavy (non-hydrogen) atoms.